The Hall–Kier alpha value is -2.37. The van der Waals surface area contributed by atoms with Gasteiger partial charge < -0.3 is 9.84 Å². The van der Waals surface area contributed by atoms with E-state index < -0.39 is 17.0 Å². The van der Waals surface area contributed by atoms with Gasteiger partial charge in [-0.25, -0.2) is 4.79 Å². The average Bonchev–Trinajstić information content (AvgIpc) is 2.33. The van der Waals surface area contributed by atoms with Gasteiger partial charge >= 0.3 is 5.97 Å². The van der Waals surface area contributed by atoms with Crippen molar-refractivity contribution in [2.75, 3.05) is 7.11 Å². The van der Waals surface area contributed by atoms with E-state index in [1.807, 2.05) is 0 Å². The van der Waals surface area contributed by atoms with Gasteiger partial charge in [0, 0.05) is 0 Å². The molecule has 0 fully saturated rings. The van der Waals surface area contributed by atoms with E-state index in [1.165, 1.54) is 13.2 Å². The molecule has 0 aliphatic carbocycles. The number of pyridine rings is 1. The fourth-order valence-electron chi connectivity index (χ4n) is 1.86. The van der Waals surface area contributed by atoms with Gasteiger partial charge in [0.25, 0.3) is 0 Å². The zero-order chi connectivity index (χ0) is 13.4. The Kier molecular flexibility index (Phi) is 2.78. The third-order valence-corrected chi connectivity index (χ3v) is 2.73. The largest absolute Gasteiger partial charge is 0.494 e. The van der Waals surface area contributed by atoms with E-state index in [2.05, 4.69) is 0 Å². The van der Waals surface area contributed by atoms with Gasteiger partial charge in [-0.15, -0.1) is 0 Å². The van der Waals surface area contributed by atoms with E-state index in [0.717, 1.165) is 0 Å². The molecule has 5 nitrogen and oxygen atoms in total. The van der Waals surface area contributed by atoms with E-state index in [-0.39, 0.29) is 21.4 Å². The molecule has 1 aromatic carbocycles. The Labute approximate surface area is 101 Å². The van der Waals surface area contributed by atoms with Crippen LogP contribution in [0.5, 0.6) is 5.75 Å². The maximum Gasteiger partial charge on any atom is 0.341 e. The summed E-state index contributed by atoms with van der Waals surface area (Å²) >= 11 is 0. The molecule has 2 rings (SSSR count). The molecule has 0 atom stereocenters. The second-order valence-electron chi connectivity index (χ2n) is 3.80. The number of carbonyl (C=O) groups is 1. The number of ether oxygens (including phenoxy) is 1. The summed E-state index contributed by atoms with van der Waals surface area (Å²) in [5.41, 5.74) is -0.901. The standard InChI is InChI=1S/C12H10FNO4/c1-6-3-4-8(18-2)10-9(6)11(15)7(12(16)17)5-14(10)13/h3-5H,1-2H3,(H,16,17). The van der Waals surface area contributed by atoms with Crippen molar-refractivity contribution < 1.29 is 19.1 Å². The molecule has 1 aromatic heterocycles. The van der Waals surface area contributed by atoms with E-state index in [9.17, 15) is 14.1 Å². The molecule has 94 valence electrons. The quantitative estimate of drug-likeness (QED) is 0.882. The topological polar surface area (TPSA) is 68.5 Å². The number of hydrogen-bond donors (Lipinski definition) is 1. The maximum atomic E-state index is 13.8. The van der Waals surface area contributed by atoms with Crippen LogP contribution in [0.25, 0.3) is 10.9 Å². The van der Waals surface area contributed by atoms with Crippen LogP contribution in [0.15, 0.2) is 23.1 Å². The van der Waals surface area contributed by atoms with Crippen molar-refractivity contribution in [2.24, 2.45) is 0 Å². The summed E-state index contributed by atoms with van der Waals surface area (Å²) in [6.45, 7) is 1.61. The minimum Gasteiger partial charge on any atom is -0.494 e. The summed E-state index contributed by atoms with van der Waals surface area (Å²) in [5, 5.41) is 8.87. The lowest BCUT2D eigenvalue weighted by Gasteiger charge is -2.10. The first kappa shape index (κ1) is 12.1. The zero-order valence-electron chi connectivity index (χ0n) is 9.73. The Morgan fingerprint density at radius 2 is 2.11 bits per heavy atom. The van der Waals surface area contributed by atoms with Crippen molar-refractivity contribution >= 4 is 16.9 Å². The number of carboxylic acids is 1. The van der Waals surface area contributed by atoms with Crippen molar-refractivity contribution in [3.8, 4) is 5.75 Å². The normalized spacial score (nSPS) is 10.6. The van der Waals surface area contributed by atoms with Gasteiger partial charge in [0.2, 0.25) is 5.43 Å². The summed E-state index contributed by atoms with van der Waals surface area (Å²) in [6, 6.07) is 3.10. The van der Waals surface area contributed by atoms with Crippen LogP contribution in [0.3, 0.4) is 0 Å². The maximum absolute atomic E-state index is 13.8. The Morgan fingerprint density at radius 3 is 2.67 bits per heavy atom. The van der Waals surface area contributed by atoms with Crippen LogP contribution in [0.2, 0.25) is 0 Å². The number of nitrogens with zero attached hydrogens (tertiary/aromatic N) is 1. The van der Waals surface area contributed by atoms with Crippen molar-refractivity contribution in [2.45, 2.75) is 6.92 Å². The van der Waals surface area contributed by atoms with Crippen molar-refractivity contribution in [3.63, 3.8) is 0 Å². The lowest BCUT2D eigenvalue weighted by molar-refractivity contribution is 0.0693. The van der Waals surface area contributed by atoms with E-state index >= 15 is 0 Å². The minimum absolute atomic E-state index is 0.0109. The minimum atomic E-state index is -1.46. The van der Waals surface area contributed by atoms with Gasteiger partial charge in [-0.05, 0) is 18.6 Å². The second-order valence-corrected chi connectivity index (χ2v) is 3.80. The van der Waals surface area contributed by atoms with Crippen molar-refractivity contribution in [3.05, 3.63) is 39.7 Å². The van der Waals surface area contributed by atoms with Crippen LogP contribution in [-0.2, 0) is 0 Å². The van der Waals surface area contributed by atoms with Crippen LogP contribution in [0.1, 0.15) is 15.9 Å². The van der Waals surface area contributed by atoms with Crippen LogP contribution >= 0.6 is 0 Å². The zero-order valence-corrected chi connectivity index (χ0v) is 9.73. The molecule has 0 radical (unpaired) electrons. The van der Waals surface area contributed by atoms with E-state index in [0.29, 0.717) is 11.8 Å². The van der Waals surface area contributed by atoms with Gasteiger partial charge in [-0.1, -0.05) is 10.5 Å². The molecular formula is C12H10FNO4. The molecule has 0 saturated heterocycles. The van der Waals surface area contributed by atoms with Crippen molar-refractivity contribution in [1.29, 1.82) is 0 Å². The highest BCUT2D eigenvalue weighted by molar-refractivity contribution is 5.95. The molecule has 0 aliphatic rings. The summed E-state index contributed by atoms with van der Waals surface area (Å²) in [4.78, 5) is 23.0. The first-order valence-corrected chi connectivity index (χ1v) is 5.09. The number of hydrogen-bond acceptors (Lipinski definition) is 3. The number of fused-ring (bicyclic) bond motifs is 1. The number of rotatable bonds is 2. The van der Waals surface area contributed by atoms with Crippen molar-refractivity contribution in [1.82, 2.24) is 4.79 Å². The molecule has 0 amide bonds. The van der Waals surface area contributed by atoms with Crippen LogP contribution in [0, 0.1) is 6.92 Å². The molecular weight excluding hydrogens is 241 g/mol. The average molecular weight is 251 g/mol. The molecule has 0 bridgehead atoms. The predicted octanol–water partition coefficient (Wildman–Crippen LogP) is 1.75. The number of carboxylic acid groups (broad SMARTS) is 1. The molecule has 2 aromatic rings. The van der Waals surface area contributed by atoms with E-state index in [1.54, 1.807) is 13.0 Å². The van der Waals surface area contributed by atoms with Gasteiger partial charge in [0.1, 0.15) is 16.8 Å². The molecule has 6 heteroatoms. The number of aromatic nitrogens is 1. The van der Waals surface area contributed by atoms with Crippen LogP contribution in [-0.4, -0.2) is 23.0 Å². The summed E-state index contributed by atoms with van der Waals surface area (Å²) < 4.78 is 18.8. The SMILES string of the molecule is COc1ccc(C)c2c(=O)c(C(=O)O)cn(F)c12. The lowest BCUT2D eigenvalue weighted by atomic mass is 10.1. The molecule has 0 unspecified atom stereocenters. The third-order valence-electron chi connectivity index (χ3n) is 2.73. The number of halogens is 1. The fourth-order valence-corrected chi connectivity index (χ4v) is 1.86. The van der Waals surface area contributed by atoms with E-state index in [4.69, 9.17) is 9.84 Å². The number of methoxy groups -OCH3 is 1. The monoisotopic (exact) mass is 251 g/mol. The van der Waals surface area contributed by atoms with Gasteiger partial charge in [0.15, 0.2) is 0 Å². The Morgan fingerprint density at radius 1 is 1.44 bits per heavy atom. The smallest absolute Gasteiger partial charge is 0.341 e. The number of aryl methyl sites for hydroxylation is 1. The third kappa shape index (κ3) is 1.62. The highest BCUT2D eigenvalue weighted by atomic mass is 19.2. The molecule has 18 heavy (non-hydrogen) atoms. The molecule has 0 aliphatic heterocycles. The summed E-state index contributed by atoms with van der Waals surface area (Å²) in [5.74, 6) is -1.29. The Balaban J connectivity index is 3.06. The number of benzene rings is 1. The molecule has 1 N–H and O–H groups in total. The van der Waals surface area contributed by atoms with Crippen LogP contribution < -0.4 is 10.2 Å². The fraction of sp³-hybridized carbons (Fsp3) is 0.167. The lowest BCUT2D eigenvalue weighted by Crippen LogP contribution is -2.18. The first-order valence-electron chi connectivity index (χ1n) is 5.09. The highest BCUT2D eigenvalue weighted by Crippen LogP contribution is 2.26. The van der Waals surface area contributed by atoms with Gasteiger partial charge in [-0.2, -0.15) is 4.79 Å². The second kappa shape index (κ2) is 4.14. The summed E-state index contributed by atoms with van der Waals surface area (Å²) in [7, 11) is 1.35. The van der Waals surface area contributed by atoms with Gasteiger partial charge in [0.05, 0.1) is 18.7 Å². The molecule has 1 heterocycles. The first-order chi connectivity index (χ1) is 8.47. The number of aromatic carboxylic acids is 1. The molecule has 0 spiro atoms. The molecule has 0 saturated carbocycles. The predicted molar refractivity (Wildman–Crippen MR) is 63.0 cm³/mol. The van der Waals surface area contributed by atoms with Gasteiger partial charge in [-0.3, -0.25) is 4.79 Å². The van der Waals surface area contributed by atoms with Crippen LogP contribution in [0.4, 0.5) is 4.48 Å². The Bertz CT molecular complexity index is 705. The highest BCUT2D eigenvalue weighted by Gasteiger charge is 2.18. The summed E-state index contributed by atoms with van der Waals surface area (Å²) in [6.07, 6.45) is 0.648.